The zero-order chi connectivity index (χ0) is 19.6. The number of amides is 2. The first kappa shape index (κ1) is 18.2. The maximum Gasteiger partial charge on any atom is 0.416 e. The molecule has 0 saturated heterocycles. The van der Waals surface area contributed by atoms with Gasteiger partial charge in [-0.25, -0.2) is 4.68 Å². The third-order valence-electron chi connectivity index (χ3n) is 3.68. The maximum atomic E-state index is 12.7. The van der Waals surface area contributed by atoms with E-state index in [1.54, 1.807) is 30.5 Å². The van der Waals surface area contributed by atoms with Crippen molar-refractivity contribution in [1.29, 1.82) is 0 Å². The van der Waals surface area contributed by atoms with Crippen LogP contribution in [0.3, 0.4) is 0 Å². The predicted molar refractivity (Wildman–Crippen MR) is 91.5 cm³/mol. The molecule has 0 spiro atoms. The summed E-state index contributed by atoms with van der Waals surface area (Å²) in [5.41, 5.74) is 5.26. The Kier molecular flexibility index (Phi) is 4.68. The Balaban J connectivity index is 1.74. The Morgan fingerprint density at radius 3 is 2.33 bits per heavy atom. The number of hydrogen-bond donors (Lipinski definition) is 2. The number of hydrogen-bond acceptors (Lipinski definition) is 3. The van der Waals surface area contributed by atoms with Gasteiger partial charge in [0.25, 0.3) is 11.8 Å². The van der Waals surface area contributed by atoms with E-state index < -0.39 is 23.6 Å². The van der Waals surface area contributed by atoms with Gasteiger partial charge in [-0.3, -0.25) is 9.59 Å². The fraction of sp³-hybridized carbons (Fsp3) is 0.0556. The summed E-state index contributed by atoms with van der Waals surface area (Å²) in [6.45, 7) is 0. The third kappa shape index (κ3) is 4.14. The smallest absolute Gasteiger partial charge is 0.364 e. The van der Waals surface area contributed by atoms with Crippen molar-refractivity contribution in [1.82, 2.24) is 9.78 Å². The average molecular weight is 374 g/mol. The molecule has 3 N–H and O–H groups in total. The first-order valence-electron chi connectivity index (χ1n) is 7.68. The maximum absolute atomic E-state index is 12.7. The number of alkyl halides is 3. The number of benzene rings is 2. The van der Waals surface area contributed by atoms with Crippen LogP contribution in [0.15, 0.2) is 60.8 Å². The molecule has 6 nitrogen and oxygen atoms in total. The molecule has 1 heterocycles. The van der Waals surface area contributed by atoms with E-state index in [0.29, 0.717) is 11.4 Å². The minimum absolute atomic E-state index is 0.105. The number of carbonyl (C=O) groups is 2. The zero-order valence-electron chi connectivity index (χ0n) is 13.7. The zero-order valence-corrected chi connectivity index (χ0v) is 13.7. The summed E-state index contributed by atoms with van der Waals surface area (Å²) < 4.78 is 39.7. The second-order valence-corrected chi connectivity index (χ2v) is 5.59. The molecule has 0 saturated carbocycles. The van der Waals surface area contributed by atoms with E-state index in [1.807, 2.05) is 0 Å². The molecule has 0 fully saturated rings. The topological polar surface area (TPSA) is 90.0 Å². The molecule has 0 aliphatic heterocycles. The number of carbonyl (C=O) groups excluding carboxylic acids is 2. The van der Waals surface area contributed by atoms with Crippen LogP contribution >= 0.6 is 0 Å². The highest BCUT2D eigenvalue weighted by molar-refractivity contribution is 6.04. The fourth-order valence-electron chi connectivity index (χ4n) is 2.34. The lowest BCUT2D eigenvalue weighted by atomic mass is 10.1. The highest BCUT2D eigenvalue weighted by Crippen LogP contribution is 2.29. The standard InChI is InChI=1S/C18H13F3N4O2/c19-18(20,21)12-3-1-2-11(10-12)17(27)23-13-4-6-14(7-5-13)25-9-8-15(24-25)16(22)26/h1-10H,(H2,22,26)(H,23,27). The number of primary amides is 1. The molecule has 0 bridgehead atoms. The lowest BCUT2D eigenvalue weighted by Crippen LogP contribution is -2.14. The Hall–Kier alpha value is -3.62. The van der Waals surface area contributed by atoms with Crippen LogP contribution in [0, 0.1) is 0 Å². The number of aromatic nitrogens is 2. The van der Waals surface area contributed by atoms with Gasteiger partial charge in [0.15, 0.2) is 0 Å². The molecule has 27 heavy (non-hydrogen) atoms. The predicted octanol–water partition coefficient (Wildman–Crippen LogP) is 3.24. The van der Waals surface area contributed by atoms with E-state index >= 15 is 0 Å². The quantitative estimate of drug-likeness (QED) is 0.735. The number of nitrogens with two attached hydrogens (primary N) is 1. The second kappa shape index (κ2) is 6.94. The van der Waals surface area contributed by atoms with Crippen LogP contribution in [0.5, 0.6) is 0 Å². The van der Waals surface area contributed by atoms with E-state index in [4.69, 9.17) is 5.73 Å². The highest BCUT2D eigenvalue weighted by atomic mass is 19.4. The molecule has 3 rings (SSSR count). The van der Waals surface area contributed by atoms with Gasteiger partial charge >= 0.3 is 6.18 Å². The lowest BCUT2D eigenvalue weighted by Gasteiger charge is -2.10. The van der Waals surface area contributed by atoms with Crippen molar-refractivity contribution in [2.45, 2.75) is 6.18 Å². The molecule has 3 aromatic rings. The first-order valence-corrected chi connectivity index (χ1v) is 7.68. The highest BCUT2D eigenvalue weighted by Gasteiger charge is 2.30. The van der Waals surface area contributed by atoms with Gasteiger partial charge in [-0.15, -0.1) is 0 Å². The van der Waals surface area contributed by atoms with Crippen molar-refractivity contribution >= 4 is 17.5 Å². The number of rotatable bonds is 4. The number of anilines is 1. The average Bonchev–Trinajstić information content (AvgIpc) is 3.12. The van der Waals surface area contributed by atoms with E-state index in [-0.39, 0.29) is 11.3 Å². The first-order chi connectivity index (χ1) is 12.7. The van der Waals surface area contributed by atoms with Crippen LogP contribution in [0.2, 0.25) is 0 Å². The summed E-state index contributed by atoms with van der Waals surface area (Å²) in [6.07, 6.45) is -2.97. The van der Waals surface area contributed by atoms with Crippen molar-refractivity contribution in [3.63, 3.8) is 0 Å². The van der Waals surface area contributed by atoms with Crippen molar-refractivity contribution in [3.8, 4) is 5.69 Å². The summed E-state index contributed by atoms with van der Waals surface area (Å²) in [6, 6.07) is 12.0. The van der Waals surface area contributed by atoms with Crippen molar-refractivity contribution < 1.29 is 22.8 Å². The molecule has 0 radical (unpaired) electrons. The Bertz CT molecular complexity index is 994. The molecule has 138 valence electrons. The van der Waals surface area contributed by atoms with Gasteiger partial charge in [0.05, 0.1) is 11.3 Å². The summed E-state index contributed by atoms with van der Waals surface area (Å²) in [4.78, 5) is 23.2. The molecule has 2 amide bonds. The van der Waals surface area contributed by atoms with E-state index in [0.717, 1.165) is 12.1 Å². The van der Waals surface area contributed by atoms with Crippen LogP contribution in [-0.2, 0) is 6.18 Å². The molecule has 1 aromatic heterocycles. The van der Waals surface area contributed by atoms with Gasteiger partial charge in [-0.2, -0.15) is 18.3 Å². The van der Waals surface area contributed by atoms with Gasteiger partial charge in [-0.1, -0.05) is 6.07 Å². The van der Waals surface area contributed by atoms with Gasteiger partial charge in [0.1, 0.15) is 5.69 Å². The SMILES string of the molecule is NC(=O)c1ccn(-c2ccc(NC(=O)c3cccc(C(F)(F)F)c3)cc2)n1. The second-order valence-electron chi connectivity index (χ2n) is 5.59. The van der Waals surface area contributed by atoms with Crippen LogP contribution in [-0.4, -0.2) is 21.6 Å². The molecule has 0 atom stereocenters. The van der Waals surface area contributed by atoms with Crippen LogP contribution in [0.1, 0.15) is 26.4 Å². The Morgan fingerprint density at radius 1 is 1.04 bits per heavy atom. The Labute approximate surface area is 151 Å². The molecular weight excluding hydrogens is 361 g/mol. The largest absolute Gasteiger partial charge is 0.416 e. The molecule has 0 aliphatic rings. The minimum Gasteiger partial charge on any atom is -0.364 e. The molecular formula is C18H13F3N4O2. The van der Waals surface area contributed by atoms with Crippen LogP contribution < -0.4 is 11.1 Å². The van der Waals surface area contributed by atoms with E-state index in [9.17, 15) is 22.8 Å². The minimum atomic E-state index is -4.52. The van der Waals surface area contributed by atoms with E-state index in [2.05, 4.69) is 10.4 Å². The summed E-state index contributed by atoms with van der Waals surface area (Å²) >= 11 is 0. The molecule has 2 aromatic carbocycles. The van der Waals surface area contributed by atoms with Gasteiger partial charge in [-0.05, 0) is 48.5 Å². The van der Waals surface area contributed by atoms with Gasteiger partial charge < -0.3 is 11.1 Å². The van der Waals surface area contributed by atoms with Crippen molar-refractivity contribution in [2.24, 2.45) is 5.73 Å². The van der Waals surface area contributed by atoms with Gasteiger partial charge in [0.2, 0.25) is 0 Å². The lowest BCUT2D eigenvalue weighted by molar-refractivity contribution is -0.137. The van der Waals surface area contributed by atoms with Crippen LogP contribution in [0.25, 0.3) is 5.69 Å². The van der Waals surface area contributed by atoms with Gasteiger partial charge in [0, 0.05) is 17.4 Å². The third-order valence-corrected chi connectivity index (χ3v) is 3.68. The number of nitrogens with zero attached hydrogens (tertiary/aromatic N) is 2. The summed E-state index contributed by atoms with van der Waals surface area (Å²) in [5, 5.41) is 6.53. The van der Waals surface area contributed by atoms with E-state index in [1.165, 1.54) is 22.9 Å². The number of nitrogens with one attached hydrogen (secondary N) is 1. The summed E-state index contributed by atoms with van der Waals surface area (Å²) in [7, 11) is 0. The monoisotopic (exact) mass is 374 g/mol. The summed E-state index contributed by atoms with van der Waals surface area (Å²) in [5.74, 6) is -1.32. The molecule has 9 heteroatoms. The van der Waals surface area contributed by atoms with Crippen LogP contribution in [0.4, 0.5) is 18.9 Å². The Morgan fingerprint density at radius 2 is 1.74 bits per heavy atom. The van der Waals surface area contributed by atoms with Crippen molar-refractivity contribution in [2.75, 3.05) is 5.32 Å². The number of halogens is 3. The fourth-order valence-corrected chi connectivity index (χ4v) is 2.34. The molecule has 0 unspecified atom stereocenters. The molecule has 0 aliphatic carbocycles. The normalized spacial score (nSPS) is 11.2. The van der Waals surface area contributed by atoms with Crippen molar-refractivity contribution in [3.05, 3.63) is 77.6 Å².